The highest BCUT2D eigenvalue weighted by atomic mass is 16.5. The van der Waals surface area contributed by atoms with Gasteiger partial charge < -0.3 is 14.8 Å². The first-order valence-corrected chi connectivity index (χ1v) is 11.3. The fraction of sp³-hybridized carbons (Fsp3) is 0.385. The van der Waals surface area contributed by atoms with E-state index in [2.05, 4.69) is 5.32 Å². The summed E-state index contributed by atoms with van der Waals surface area (Å²) in [5.74, 6) is -2.01. The first-order chi connectivity index (χ1) is 16.0. The van der Waals surface area contributed by atoms with Gasteiger partial charge in [-0.15, -0.1) is 0 Å². The van der Waals surface area contributed by atoms with Crippen LogP contribution in [0.15, 0.2) is 54.6 Å². The molecule has 7 nitrogen and oxygen atoms in total. The molecule has 4 rings (SSSR count). The average Bonchev–Trinajstić information content (AvgIpc) is 3.45. The number of nitrogens with one attached hydrogen (secondary N) is 1. The van der Waals surface area contributed by atoms with Crippen molar-refractivity contribution in [2.24, 2.45) is 23.7 Å². The second-order valence-corrected chi connectivity index (χ2v) is 8.57. The molecule has 172 valence electrons. The van der Waals surface area contributed by atoms with E-state index < -0.39 is 36.3 Å². The minimum absolute atomic E-state index is 0.0177. The number of hydrogen-bond donors (Lipinski definition) is 1. The van der Waals surface area contributed by atoms with Crippen molar-refractivity contribution in [3.05, 3.63) is 65.7 Å². The van der Waals surface area contributed by atoms with Crippen LogP contribution in [0.1, 0.15) is 46.9 Å². The number of esters is 2. The number of ketones is 1. The van der Waals surface area contributed by atoms with Gasteiger partial charge in [-0.25, -0.2) is 4.79 Å². The molecule has 1 N–H and O–H groups in total. The van der Waals surface area contributed by atoms with Crippen LogP contribution in [0.25, 0.3) is 0 Å². The van der Waals surface area contributed by atoms with E-state index in [1.807, 2.05) is 18.2 Å². The van der Waals surface area contributed by atoms with E-state index in [-0.39, 0.29) is 24.2 Å². The normalized spacial score (nSPS) is 23.1. The molecule has 2 aromatic carbocycles. The van der Waals surface area contributed by atoms with Crippen molar-refractivity contribution in [2.75, 3.05) is 18.5 Å². The molecular weight excluding hydrogens is 422 g/mol. The lowest BCUT2D eigenvalue weighted by Gasteiger charge is -2.28. The van der Waals surface area contributed by atoms with Crippen LogP contribution in [-0.4, -0.2) is 36.8 Å². The molecule has 2 aromatic rings. The van der Waals surface area contributed by atoms with Gasteiger partial charge in [0.05, 0.1) is 18.1 Å². The first-order valence-electron chi connectivity index (χ1n) is 11.3. The predicted molar refractivity (Wildman–Crippen MR) is 121 cm³/mol. The largest absolute Gasteiger partial charge is 0.462 e. The second-order valence-electron chi connectivity index (χ2n) is 8.57. The third kappa shape index (κ3) is 4.97. The van der Waals surface area contributed by atoms with E-state index >= 15 is 0 Å². The van der Waals surface area contributed by atoms with Gasteiger partial charge in [0.15, 0.2) is 12.4 Å². The lowest BCUT2D eigenvalue weighted by Crippen LogP contribution is -2.37. The molecule has 0 unspecified atom stereocenters. The van der Waals surface area contributed by atoms with Crippen molar-refractivity contribution in [2.45, 2.75) is 26.2 Å². The van der Waals surface area contributed by atoms with Crippen LogP contribution >= 0.6 is 0 Å². The van der Waals surface area contributed by atoms with Gasteiger partial charge in [0.2, 0.25) is 0 Å². The third-order valence-electron chi connectivity index (χ3n) is 6.57. The van der Waals surface area contributed by atoms with Crippen molar-refractivity contribution < 1.29 is 28.7 Å². The molecule has 0 aliphatic heterocycles. The van der Waals surface area contributed by atoms with E-state index in [0.29, 0.717) is 16.8 Å². The fourth-order valence-electron chi connectivity index (χ4n) is 5.14. The maximum Gasteiger partial charge on any atom is 0.338 e. The predicted octanol–water partition coefficient (Wildman–Crippen LogP) is 3.89. The van der Waals surface area contributed by atoms with E-state index in [1.165, 1.54) is 0 Å². The van der Waals surface area contributed by atoms with Crippen molar-refractivity contribution in [3.63, 3.8) is 0 Å². The summed E-state index contributed by atoms with van der Waals surface area (Å²) in [6.07, 6.45) is 2.70. The summed E-state index contributed by atoms with van der Waals surface area (Å²) in [6.45, 7) is 1.58. The Labute approximate surface area is 192 Å². The Balaban J connectivity index is 1.34. The summed E-state index contributed by atoms with van der Waals surface area (Å²) in [4.78, 5) is 50.1. The highest BCUT2D eigenvalue weighted by molar-refractivity contribution is 6.01. The maximum atomic E-state index is 13.1. The van der Waals surface area contributed by atoms with Crippen molar-refractivity contribution >= 4 is 29.3 Å². The minimum Gasteiger partial charge on any atom is -0.462 e. The van der Waals surface area contributed by atoms with Gasteiger partial charge in [0.25, 0.3) is 5.91 Å². The molecule has 0 heterocycles. The number of hydrogen-bond acceptors (Lipinski definition) is 6. The molecule has 0 aromatic heterocycles. The summed E-state index contributed by atoms with van der Waals surface area (Å²) in [7, 11) is 0. The number of amides is 1. The summed E-state index contributed by atoms with van der Waals surface area (Å²) in [6, 6.07) is 15.3. The molecule has 2 fully saturated rings. The molecule has 0 radical (unpaired) electrons. The molecule has 0 saturated heterocycles. The number of fused-ring (bicyclic) bond motifs is 2. The van der Waals surface area contributed by atoms with Crippen molar-refractivity contribution in [1.82, 2.24) is 0 Å². The van der Waals surface area contributed by atoms with Gasteiger partial charge in [-0.1, -0.05) is 30.3 Å². The molecule has 1 amide bonds. The van der Waals surface area contributed by atoms with Crippen molar-refractivity contribution in [1.29, 1.82) is 0 Å². The molecule has 2 aliphatic carbocycles. The number of carbonyl (C=O) groups is 4. The third-order valence-corrected chi connectivity index (χ3v) is 6.57. The molecule has 0 spiro atoms. The van der Waals surface area contributed by atoms with Crippen LogP contribution in [0.3, 0.4) is 0 Å². The Bertz CT molecular complexity index is 1030. The van der Waals surface area contributed by atoms with Gasteiger partial charge in [-0.2, -0.15) is 0 Å². The summed E-state index contributed by atoms with van der Waals surface area (Å²) >= 11 is 0. The topological polar surface area (TPSA) is 98.8 Å². The Morgan fingerprint density at radius 3 is 2.18 bits per heavy atom. The molecule has 2 bridgehead atoms. The Kier molecular flexibility index (Phi) is 6.87. The number of anilines is 1. The van der Waals surface area contributed by atoms with Gasteiger partial charge >= 0.3 is 11.9 Å². The molecule has 4 atom stereocenters. The Morgan fingerprint density at radius 2 is 1.52 bits per heavy atom. The van der Waals surface area contributed by atoms with Crippen LogP contribution in [0, 0.1) is 23.7 Å². The van der Waals surface area contributed by atoms with Crippen LogP contribution in [0.5, 0.6) is 0 Å². The number of benzene rings is 2. The summed E-state index contributed by atoms with van der Waals surface area (Å²) < 4.78 is 10.3. The van der Waals surface area contributed by atoms with Crippen LogP contribution < -0.4 is 5.32 Å². The van der Waals surface area contributed by atoms with E-state index in [9.17, 15) is 19.2 Å². The zero-order valence-corrected chi connectivity index (χ0v) is 18.5. The highest BCUT2D eigenvalue weighted by Gasteiger charge is 2.54. The number of ether oxygens (including phenoxy) is 2. The van der Waals surface area contributed by atoms with Gasteiger partial charge in [-0.05, 0) is 62.3 Å². The summed E-state index contributed by atoms with van der Waals surface area (Å²) in [5.41, 5.74) is 1.46. The number of carbonyl (C=O) groups excluding carboxylic acids is 4. The highest BCUT2D eigenvalue weighted by Crippen LogP contribution is 2.53. The lowest BCUT2D eigenvalue weighted by atomic mass is 9.75. The van der Waals surface area contributed by atoms with E-state index in [1.54, 1.807) is 43.3 Å². The number of Topliss-reactive ketones (excluding diaryl/α,β-unsaturated/α-hetero) is 1. The van der Waals surface area contributed by atoms with Gasteiger partial charge in [0, 0.05) is 17.2 Å². The Morgan fingerprint density at radius 1 is 0.848 bits per heavy atom. The zero-order chi connectivity index (χ0) is 23.4. The van der Waals surface area contributed by atoms with Crippen LogP contribution in [0.2, 0.25) is 0 Å². The van der Waals surface area contributed by atoms with Gasteiger partial charge in [-0.3, -0.25) is 14.4 Å². The van der Waals surface area contributed by atoms with Crippen LogP contribution in [0.4, 0.5) is 5.69 Å². The lowest BCUT2D eigenvalue weighted by molar-refractivity contribution is -0.154. The summed E-state index contributed by atoms with van der Waals surface area (Å²) in [5, 5.41) is 2.64. The zero-order valence-electron chi connectivity index (χ0n) is 18.5. The first kappa shape index (κ1) is 22.7. The van der Waals surface area contributed by atoms with Gasteiger partial charge in [0.1, 0.15) is 0 Å². The Hall–Kier alpha value is -3.48. The SMILES string of the molecule is CCOC(=O)c1ccc(NC(=O)COC(=O)[C@H]2[C@H]3CC[C@@H](C3)[C@@H]2C(=O)c2ccccc2)cc1. The molecule has 2 saturated carbocycles. The van der Waals surface area contributed by atoms with Crippen LogP contribution in [-0.2, 0) is 19.1 Å². The van der Waals surface area contributed by atoms with E-state index in [0.717, 1.165) is 19.3 Å². The maximum absolute atomic E-state index is 13.1. The molecule has 2 aliphatic rings. The van der Waals surface area contributed by atoms with Crippen molar-refractivity contribution in [3.8, 4) is 0 Å². The standard InChI is InChI=1S/C26H27NO6/c1-2-32-25(30)17-10-12-20(13-11-17)27-21(28)15-33-26(31)23-19-9-8-18(14-19)22(23)24(29)16-6-4-3-5-7-16/h3-7,10-13,18-19,22-23H,2,8-9,14-15H2,1H3,(H,27,28)/t18-,19-,22-,23-/m0/s1. The molecule has 33 heavy (non-hydrogen) atoms. The molecule has 7 heteroatoms. The smallest absolute Gasteiger partial charge is 0.338 e. The van der Waals surface area contributed by atoms with E-state index in [4.69, 9.17) is 9.47 Å². The quantitative estimate of drug-likeness (QED) is 0.485. The number of rotatable bonds is 8. The fourth-order valence-corrected chi connectivity index (χ4v) is 5.14. The monoisotopic (exact) mass is 449 g/mol. The second kappa shape index (κ2) is 9.98. The molecular formula is C26H27NO6. The average molecular weight is 450 g/mol. The minimum atomic E-state index is -0.506.